The molecular formula is C18H20NO3P. The summed E-state index contributed by atoms with van der Waals surface area (Å²) in [6.07, 6.45) is 0.309. The Hall–Kier alpha value is -1.90. The van der Waals surface area contributed by atoms with Crippen molar-refractivity contribution >= 4 is 24.3 Å². The Kier molecular flexibility index (Phi) is 4.38. The molecule has 0 radical (unpaired) electrons. The fraction of sp³-hybridized carbons (Fsp3) is 0.278. The van der Waals surface area contributed by atoms with Gasteiger partial charge >= 0.3 is 7.52 Å². The van der Waals surface area contributed by atoms with Gasteiger partial charge in [-0.05, 0) is 37.6 Å². The molecule has 0 amide bonds. The van der Waals surface area contributed by atoms with E-state index in [2.05, 4.69) is 0 Å². The summed E-state index contributed by atoms with van der Waals surface area (Å²) in [6.45, 7) is 3.75. The highest BCUT2D eigenvalue weighted by molar-refractivity contribution is 7.69. The molecule has 0 saturated carbocycles. The highest BCUT2D eigenvalue weighted by Gasteiger charge is 2.48. The van der Waals surface area contributed by atoms with Crippen molar-refractivity contribution in [2.45, 2.75) is 26.3 Å². The predicted molar refractivity (Wildman–Crippen MR) is 92.3 cm³/mol. The minimum Gasteiger partial charge on any atom is -0.310 e. The Morgan fingerprint density at radius 1 is 1.13 bits per heavy atom. The first-order valence-corrected chi connectivity index (χ1v) is 9.34. The summed E-state index contributed by atoms with van der Waals surface area (Å²) < 4.78 is 21.3. The van der Waals surface area contributed by atoms with Gasteiger partial charge in [0.2, 0.25) is 0 Å². The Balaban J connectivity index is 2.20. The summed E-state index contributed by atoms with van der Waals surface area (Å²) in [6, 6.07) is 16.8. The van der Waals surface area contributed by atoms with E-state index in [0.717, 1.165) is 11.3 Å². The number of carbonyl (C=O) groups excluding carboxylic acids is 1. The normalized spacial score (nSPS) is 22.9. The molecule has 0 saturated heterocycles. The lowest BCUT2D eigenvalue weighted by atomic mass is 10.0. The van der Waals surface area contributed by atoms with Crippen LogP contribution in [0, 0.1) is 0 Å². The molecule has 23 heavy (non-hydrogen) atoms. The number of Topliss-reactive ketones (excluding diaryl/α,β-unsaturated/α-hetero) is 1. The third-order valence-electron chi connectivity index (χ3n) is 3.98. The van der Waals surface area contributed by atoms with E-state index in [0.29, 0.717) is 18.3 Å². The molecular weight excluding hydrogens is 309 g/mol. The zero-order valence-corrected chi connectivity index (χ0v) is 14.2. The molecule has 1 aliphatic rings. The van der Waals surface area contributed by atoms with E-state index in [-0.39, 0.29) is 11.8 Å². The van der Waals surface area contributed by atoms with Crippen LogP contribution in [-0.2, 0) is 13.9 Å². The minimum atomic E-state index is -3.22. The third kappa shape index (κ3) is 2.73. The number of para-hydroxylation sites is 1. The molecule has 120 valence electrons. The van der Waals surface area contributed by atoms with Crippen LogP contribution in [0.1, 0.15) is 31.9 Å². The molecule has 2 atom stereocenters. The summed E-state index contributed by atoms with van der Waals surface area (Å²) in [7, 11) is -3.22. The fourth-order valence-corrected chi connectivity index (χ4v) is 5.83. The molecule has 0 spiro atoms. The van der Waals surface area contributed by atoms with Gasteiger partial charge in [0.1, 0.15) is 5.78 Å². The second-order valence-corrected chi connectivity index (χ2v) is 7.81. The maximum Gasteiger partial charge on any atom is 0.327 e. The standard InChI is InChI=1S/C18H20NO3P/c1-3-22-23(21)18-12-8-7-11-16(18)17(13-14(2)20)19(23)15-9-5-4-6-10-15/h4-12,17H,3,13H2,1-2H3. The molecule has 1 aliphatic heterocycles. The van der Waals surface area contributed by atoms with Crippen LogP contribution in [0.3, 0.4) is 0 Å². The third-order valence-corrected chi connectivity index (χ3v) is 6.69. The monoisotopic (exact) mass is 329 g/mol. The number of hydrogen-bond donors (Lipinski definition) is 0. The number of hydrogen-bond acceptors (Lipinski definition) is 3. The molecule has 2 unspecified atom stereocenters. The molecule has 0 bridgehead atoms. The van der Waals surface area contributed by atoms with Crippen molar-refractivity contribution in [1.82, 2.24) is 0 Å². The quantitative estimate of drug-likeness (QED) is 0.776. The zero-order valence-electron chi connectivity index (χ0n) is 13.3. The average Bonchev–Trinajstić information content (AvgIpc) is 2.78. The number of anilines is 1. The number of ketones is 1. The Labute approximate surface area is 136 Å². The molecule has 0 fully saturated rings. The lowest BCUT2D eigenvalue weighted by molar-refractivity contribution is -0.117. The Morgan fingerprint density at radius 3 is 2.43 bits per heavy atom. The van der Waals surface area contributed by atoms with Crippen molar-refractivity contribution < 1.29 is 13.9 Å². The van der Waals surface area contributed by atoms with E-state index in [1.54, 1.807) is 6.92 Å². The SMILES string of the molecule is CCOP1(=O)c2ccccc2C(CC(C)=O)N1c1ccccc1. The van der Waals surface area contributed by atoms with Crippen LogP contribution in [0.15, 0.2) is 54.6 Å². The molecule has 0 N–H and O–H groups in total. The van der Waals surface area contributed by atoms with Gasteiger partial charge < -0.3 is 4.52 Å². The van der Waals surface area contributed by atoms with Crippen LogP contribution in [0.2, 0.25) is 0 Å². The van der Waals surface area contributed by atoms with Gasteiger partial charge in [-0.3, -0.25) is 14.0 Å². The number of rotatable bonds is 5. The number of nitrogens with zero attached hydrogens (tertiary/aromatic N) is 1. The van der Waals surface area contributed by atoms with Gasteiger partial charge in [0.25, 0.3) is 0 Å². The largest absolute Gasteiger partial charge is 0.327 e. The summed E-state index contributed by atoms with van der Waals surface area (Å²) in [5.74, 6) is 0.0654. The topological polar surface area (TPSA) is 46.6 Å². The highest BCUT2D eigenvalue weighted by atomic mass is 31.2. The van der Waals surface area contributed by atoms with Gasteiger partial charge in [-0.2, -0.15) is 0 Å². The van der Waals surface area contributed by atoms with Crippen LogP contribution in [0.25, 0.3) is 0 Å². The molecule has 0 aliphatic carbocycles. The van der Waals surface area contributed by atoms with Crippen LogP contribution in [-0.4, -0.2) is 12.4 Å². The van der Waals surface area contributed by atoms with Gasteiger partial charge in [0.15, 0.2) is 0 Å². The molecule has 2 aromatic carbocycles. The molecule has 2 aromatic rings. The smallest absolute Gasteiger partial charge is 0.310 e. The van der Waals surface area contributed by atoms with Crippen molar-refractivity contribution in [3.05, 3.63) is 60.2 Å². The van der Waals surface area contributed by atoms with E-state index in [1.165, 1.54) is 0 Å². The van der Waals surface area contributed by atoms with Crippen molar-refractivity contribution in [1.29, 1.82) is 0 Å². The average molecular weight is 329 g/mol. The Morgan fingerprint density at radius 2 is 1.78 bits per heavy atom. The molecule has 4 nitrogen and oxygen atoms in total. The van der Waals surface area contributed by atoms with Crippen molar-refractivity contribution in [2.24, 2.45) is 0 Å². The van der Waals surface area contributed by atoms with E-state index < -0.39 is 7.52 Å². The maximum atomic E-state index is 13.8. The van der Waals surface area contributed by atoms with Gasteiger partial charge in [0, 0.05) is 12.1 Å². The fourth-order valence-electron chi connectivity index (χ4n) is 3.15. The van der Waals surface area contributed by atoms with Crippen molar-refractivity contribution in [3.8, 4) is 0 Å². The summed E-state index contributed by atoms with van der Waals surface area (Å²) in [5.41, 5.74) is 1.73. The van der Waals surface area contributed by atoms with Gasteiger partial charge in [-0.1, -0.05) is 36.4 Å². The minimum absolute atomic E-state index is 0.0654. The lowest BCUT2D eigenvalue weighted by Crippen LogP contribution is -2.23. The van der Waals surface area contributed by atoms with Crippen LogP contribution in [0.5, 0.6) is 0 Å². The van der Waals surface area contributed by atoms with Gasteiger partial charge in [-0.25, -0.2) is 0 Å². The van der Waals surface area contributed by atoms with E-state index in [4.69, 9.17) is 4.52 Å². The van der Waals surface area contributed by atoms with Crippen molar-refractivity contribution in [2.75, 3.05) is 11.3 Å². The summed E-state index contributed by atoms with van der Waals surface area (Å²) >= 11 is 0. The first kappa shape index (κ1) is 16.0. The first-order chi connectivity index (χ1) is 11.1. The van der Waals surface area contributed by atoms with Crippen LogP contribution >= 0.6 is 7.52 Å². The zero-order chi connectivity index (χ0) is 16.4. The summed E-state index contributed by atoms with van der Waals surface area (Å²) in [4.78, 5) is 11.8. The molecule has 0 aromatic heterocycles. The number of fused-ring (bicyclic) bond motifs is 1. The van der Waals surface area contributed by atoms with E-state index in [9.17, 15) is 9.36 Å². The number of benzene rings is 2. The van der Waals surface area contributed by atoms with Gasteiger partial charge in [0.05, 0.1) is 18.0 Å². The van der Waals surface area contributed by atoms with E-state index >= 15 is 0 Å². The second kappa shape index (κ2) is 6.31. The Bertz CT molecular complexity index is 760. The van der Waals surface area contributed by atoms with Crippen LogP contribution < -0.4 is 9.97 Å². The first-order valence-electron chi connectivity index (χ1n) is 7.76. The predicted octanol–water partition coefficient (Wildman–Crippen LogP) is 4.08. The van der Waals surface area contributed by atoms with Crippen molar-refractivity contribution in [3.63, 3.8) is 0 Å². The summed E-state index contributed by atoms with van der Waals surface area (Å²) in [5, 5.41) is 0.706. The molecule has 3 rings (SSSR count). The maximum absolute atomic E-state index is 13.8. The lowest BCUT2D eigenvalue weighted by Gasteiger charge is -2.31. The molecule has 5 heteroatoms. The van der Waals surface area contributed by atoms with Gasteiger partial charge in [-0.15, -0.1) is 0 Å². The second-order valence-electron chi connectivity index (χ2n) is 5.60. The van der Waals surface area contributed by atoms with E-state index in [1.807, 2.05) is 66.2 Å². The molecule has 1 heterocycles. The number of carbonyl (C=O) groups is 1. The van der Waals surface area contributed by atoms with Crippen LogP contribution in [0.4, 0.5) is 5.69 Å². The highest BCUT2D eigenvalue weighted by Crippen LogP contribution is 2.62.